The Morgan fingerprint density at radius 1 is 1.11 bits per heavy atom. The zero-order valence-corrected chi connectivity index (χ0v) is 17.0. The maximum atomic E-state index is 13.5. The van der Waals surface area contributed by atoms with Gasteiger partial charge in [-0.25, -0.2) is 4.79 Å². The Bertz CT molecular complexity index is 689. The Morgan fingerprint density at radius 3 is 2.37 bits per heavy atom. The lowest BCUT2D eigenvalue weighted by atomic mass is 9.93. The summed E-state index contributed by atoms with van der Waals surface area (Å²) in [6.07, 6.45) is 5.78. The van der Waals surface area contributed by atoms with Crippen LogP contribution in [-0.4, -0.2) is 46.5 Å². The molecule has 0 aromatic heterocycles. The second kappa shape index (κ2) is 7.91. The number of hydrogen-bond acceptors (Lipinski definition) is 3. The second-order valence-electron chi connectivity index (χ2n) is 8.84. The van der Waals surface area contributed by atoms with E-state index in [4.69, 9.17) is 4.74 Å². The molecule has 148 valence electrons. The van der Waals surface area contributed by atoms with Gasteiger partial charge in [0.05, 0.1) is 0 Å². The van der Waals surface area contributed by atoms with E-state index < -0.39 is 17.7 Å². The fourth-order valence-electron chi connectivity index (χ4n) is 4.12. The van der Waals surface area contributed by atoms with Gasteiger partial charge in [-0.15, -0.1) is 0 Å². The van der Waals surface area contributed by atoms with Gasteiger partial charge in [-0.2, -0.15) is 0 Å². The van der Waals surface area contributed by atoms with Crippen LogP contribution in [0.5, 0.6) is 0 Å². The van der Waals surface area contributed by atoms with Crippen LogP contribution in [0.4, 0.5) is 4.79 Å². The molecule has 1 saturated carbocycles. The maximum absolute atomic E-state index is 13.5. The van der Waals surface area contributed by atoms with Crippen LogP contribution in [-0.2, 0) is 22.5 Å². The molecule has 1 aliphatic heterocycles. The molecule has 0 saturated heterocycles. The number of carbonyl (C=O) groups excluding carboxylic acids is 2. The average molecular weight is 373 g/mol. The van der Waals surface area contributed by atoms with E-state index in [2.05, 4.69) is 12.1 Å². The van der Waals surface area contributed by atoms with Gasteiger partial charge in [-0.3, -0.25) is 9.69 Å². The Kier molecular flexibility index (Phi) is 5.78. The van der Waals surface area contributed by atoms with Crippen LogP contribution in [0.25, 0.3) is 0 Å². The highest BCUT2D eigenvalue weighted by molar-refractivity contribution is 5.87. The fourth-order valence-corrected chi connectivity index (χ4v) is 4.12. The molecule has 5 heteroatoms. The third-order valence-electron chi connectivity index (χ3n) is 5.60. The predicted octanol–water partition coefficient (Wildman–Crippen LogP) is 4.14. The van der Waals surface area contributed by atoms with Crippen molar-refractivity contribution in [1.29, 1.82) is 0 Å². The Morgan fingerprint density at radius 2 is 1.74 bits per heavy atom. The number of nitrogens with zero attached hydrogens (tertiary/aromatic N) is 2. The van der Waals surface area contributed by atoms with Crippen LogP contribution in [0.15, 0.2) is 24.3 Å². The summed E-state index contributed by atoms with van der Waals surface area (Å²) < 4.78 is 5.53. The molecule has 0 bridgehead atoms. The van der Waals surface area contributed by atoms with E-state index >= 15 is 0 Å². The lowest BCUT2D eigenvalue weighted by molar-refractivity contribution is -0.139. The van der Waals surface area contributed by atoms with Gasteiger partial charge >= 0.3 is 6.09 Å². The fraction of sp³-hybridized carbons (Fsp3) is 0.636. The monoisotopic (exact) mass is 372 g/mol. The zero-order chi connectivity index (χ0) is 19.6. The topological polar surface area (TPSA) is 49.9 Å². The van der Waals surface area contributed by atoms with E-state index in [1.807, 2.05) is 37.8 Å². The molecule has 1 heterocycles. The molecule has 1 atom stereocenters. The summed E-state index contributed by atoms with van der Waals surface area (Å²) in [5.41, 5.74) is 1.75. The molecule has 2 aliphatic rings. The minimum atomic E-state index is -0.583. The van der Waals surface area contributed by atoms with Gasteiger partial charge in [0, 0.05) is 26.1 Å². The van der Waals surface area contributed by atoms with Crippen molar-refractivity contribution < 1.29 is 14.3 Å². The number of rotatable bonds is 2. The first-order valence-electron chi connectivity index (χ1n) is 10.1. The number of amides is 2. The van der Waals surface area contributed by atoms with Gasteiger partial charge in [0.25, 0.3) is 0 Å². The zero-order valence-electron chi connectivity index (χ0n) is 17.0. The van der Waals surface area contributed by atoms with Gasteiger partial charge in [0.2, 0.25) is 5.91 Å². The molecule has 0 unspecified atom stereocenters. The number of fused-ring (bicyclic) bond motifs is 1. The normalized spacial score (nSPS) is 21.4. The molecule has 0 N–H and O–H groups in total. The SMILES string of the molecule is CN(C(=O)OC(C)(C)C)[C@H]1Cc2ccccc2CN(C2CCCCC2)C1=O. The lowest BCUT2D eigenvalue weighted by Crippen LogP contribution is -2.52. The van der Waals surface area contributed by atoms with Crippen molar-refractivity contribution in [2.24, 2.45) is 0 Å². The van der Waals surface area contributed by atoms with Crippen molar-refractivity contribution in [2.45, 2.75) is 83.5 Å². The number of likely N-dealkylation sites (N-methyl/N-ethyl adjacent to an activating group) is 1. The van der Waals surface area contributed by atoms with Crippen LogP contribution in [0, 0.1) is 0 Å². The van der Waals surface area contributed by atoms with Crippen LogP contribution < -0.4 is 0 Å². The van der Waals surface area contributed by atoms with Gasteiger partial charge in [0.15, 0.2) is 0 Å². The highest BCUT2D eigenvalue weighted by Crippen LogP contribution is 2.29. The Labute approximate surface area is 162 Å². The maximum Gasteiger partial charge on any atom is 0.410 e. The quantitative estimate of drug-likeness (QED) is 0.784. The van der Waals surface area contributed by atoms with E-state index in [0.29, 0.717) is 13.0 Å². The first kappa shape index (κ1) is 19.7. The van der Waals surface area contributed by atoms with Crippen molar-refractivity contribution in [3.05, 3.63) is 35.4 Å². The van der Waals surface area contributed by atoms with Crippen LogP contribution in [0.1, 0.15) is 64.0 Å². The summed E-state index contributed by atoms with van der Waals surface area (Å²) in [7, 11) is 1.68. The molecule has 1 aromatic rings. The summed E-state index contributed by atoms with van der Waals surface area (Å²) in [5.74, 6) is 0.0476. The first-order valence-corrected chi connectivity index (χ1v) is 10.1. The third-order valence-corrected chi connectivity index (χ3v) is 5.60. The first-order chi connectivity index (χ1) is 12.8. The van der Waals surface area contributed by atoms with Crippen molar-refractivity contribution in [1.82, 2.24) is 9.80 Å². The molecule has 3 rings (SSSR count). The summed E-state index contributed by atoms with van der Waals surface area (Å²) in [6.45, 7) is 6.17. The molecule has 0 spiro atoms. The number of carbonyl (C=O) groups is 2. The van der Waals surface area contributed by atoms with Gasteiger partial charge in [-0.05, 0) is 44.7 Å². The minimum absolute atomic E-state index is 0.0476. The van der Waals surface area contributed by atoms with Gasteiger partial charge in [-0.1, -0.05) is 43.5 Å². The molecule has 1 fully saturated rings. The molecule has 0 radical (unpaired) electrons. The second-order valence-corrected chi connectivity index (χ2v) is 8.84. The summed E-state index contributed by atoms with van der Waals surface area (Å²) >= 11 is 0. The van der Waals surface area contributed by atoms with Gasteiger partial charge < -0.3 is 9.64 Å². The molecular formula is C22H32N2O3. The number of hydrogen-bond donors (Lipinski definition) is 0. The summed E-state index contributed by atoms with van der Waals surface area (Å²) in [6, 6.07) is 7.96. The van der Waals surface area contributed by atoms with Crippen molar-refractivity contribution in [2.75, 3.05) is 7.05 Å². The number of ether oxygens (including phenoxy) is 1. The Balaban J connectivity index is 1.89. The highest BCUT2D eigenvalue weighted by atomic mass is 16.6. The minimum Gasteiger partial charge on any atom is -0.444 e. The summed E-state index contributed by atoms with van der Waals surface area (Å²) in [4.78, 5) is 29.7. The molecule has 2 amide bonds. The van der Waals surface area contributed by atoms with E-state index in [-0.39, 0.29) is 11.9 Å². The van der Waals surface area contributed by atoms with Crippen LogP contribution in [0.2, 0.25) is 0 Å². The van der Waals surface area contributed by atoms with E-state index in [1.165, 1.54) is 29.7 Å². The highest BCUT2D eigenvalue weighted by Gasteiger charge is 2.38. The molecule has 1 aliphatic carbocycles. The summed E-state index contributed by atoms with van der Waals surface area (Å²) in [5, 5.41) is 0. The van der Waals surface area contributed by atoms with Gasteiger partial charge in [0.1, 0.15) is 11.6 Å². The van der Waals surface area contributed by atoms with Crippen molar-refractivity contribution in [3.8, 4) is 0 Å². The van der Waals surface area contributed by atoms with Crippen molar-refractivity contribution in [3.63, 3.8) is 0 Å². The average Bonchev–Trinajstić information content (AvgIpc) is 2.77. The lowest BCUT2D eigenvalue weighted by Gasteiger charge is -2.37. The van der Waals surface area contributed by atoms with Crippen LogP contribution >= 0.6 is 0 Å². The Hall–Kier alpha value is -2.04. The van der Waals surface area contributed by atoms with E-state index in [0.717, 1.165) is 18.4 Å². The van der Waals surface area contributed by atoms with Crippen LogP contribution in [0.3, 0.4) is 0 Å². The molecule has 5 nitrogen and oxygen atoms in total. The third kappa shape index (κ3) is 4.63. The molecule has 1 aromatic carbocycles. The molecule has 27 heavy (non-hydrogen) atoms. The smallest absolute Gasteiger partial charge is 0.410 e. The number of benzene rings is 1. The predicted molar refractivity (Wildman–Crippen MR) is 105 cm³/mol. The van der Waals surface area contributed by atoms with Crippen molar-refractivity contribution >= 4 is 12.0 Å². The molecular weight excluding hydrogens is 340 g/mol. The van der Waals surface area contributed by atoms with E-state index in [9.17, 15) is 9.59 Å². The standard InChI is InChI=1S/C22H32N2O3/c1-22(2,3)27-21(26)23(4)19-14-16-10-8-9-11-17(16)15-24(20(19)25)18-12-6-5-7-13-18/h8-11,18-19H,5-7,12-15H2,1-4H3/t19-/m0/s1. The van der Waals surface area contributed by atoms with E-state index in [1.54, 1.807) is 7.05 Å². The largest absolute Gasteiger partial charge is 0.444 e.